The quantitative estimate of drug-likeness (QED) is 0.166. The molecule has 1 aliphatic heterocycles. The van der Waals surface area contributed by atoms with E-state index >= 15 is 0 Å². The third-order valence-corrected chi connectivity index (χ3v) is 9.42. The Kier molecular flexibility index (Phi) is 10.2. The molecule has 0 aliphatic carbocycles. The summed E-state index contributed by atoms with van der Waals surface area (Å²) in [5, 5.41) is 2.97. The number of hydrogen-bond acceptors (Lipinski definition) is 8. The van der Waals surface area contributed by atoms with Crippen LogP contribution < -0.4 is 29.7 Å². The average Bonchev–Trinajstić information content (AvgIpc) is 3.41. The molecule has 1 atom stereocenters. The summed E-state index contributed by atoms with van der Waals surface area (Å²) in [6.45, 7) is 4.17. The first-order valence-corrected chi connectivity index (χ1v) is 17.1. The Morgan fingerprint density at radius 1 is 1.00 bits per heavy atom. The average molecular weight is 739 g/mol. The fraction of sp³-hybridized carbons (Fsp3) is 0.158. The van der Waals surface area contributed by atoms with Gasteiger partial charge in [-0.1, -0.05) is 59.9 Å². The zero-order valence-corrected chi connectivity index (χ0v) is 29.3. The van der Waals surface area contributed by atoms with Crippen molar-refractivity contribution in [1.29, 1.82) is 0 Å². The number of amides is 1. The highest BCUT2D eigenvalue weighted by molar-refractivity contribution is 9.10. The van der Waals surface area contributed by atoms with E-state index in [9.17, 15) is 14.4 Å². The third-order valence-electron chi connectivity index (χ3n) is 7.82. The van der Waals surface area contributed by atoms with Gasteiger partial charge in [-0.05, 0) is 101 Å². The van der Waals surface area contributed by atoms with Crippen LogP contribution in [0, 0.1) is 0 Å². The van der Waals surface area contributed by atoms with Crippen molar-refractivity contribution in [2.75, 3.05) is 19.0 Å². The summed E-state index contributed by atoms with van der Waals surface area (Å²) in [4.78, 5) is 45.1. The molecule has 1 N–H and O–H groups in total. The largest absolute Gasteiger partial charge is 0.497 e. The monoisotopic (exact) mass is 737 g/mol. The highest BCUT2D eigenvalue weighted by Gasteiger charge is 2.32. The summed E-state index contributed by atoms with van der Waals surface area (Å²) in [5.41, 5.74) is 4.14. The highest BCUT2D eigenvalue weighted by atomic mass is 79.9. The molecule has 49 heavy (non-hydrogen) atoms. The van der Waals surface area contributed by atoms with E-state index in [0.717, 1.165) is 16.7 Å². The first-order valence-electron chi connectivity index (χ1n) is 15.5. The summed E-state index contributed by atoms with van der Waals surface area (Å²) < 4.78 is 19.3. The second kappa shape index (κ2) is 14.9. The number of aromatic nitrogens is 1. The molecular weight excluding hydrogens is 706 g/mol. The maximum absolute atomic E-state index is 14.1. The number of nitrogens with one attached hydrogen (secondary N) is 1. The second-order valence-electron chi connectivity index (χ2n) is 11.1. The standard InChI is InChI=1S/C38H32BrN3O6S/c1-4-47-37(45)26-16-13-24(14-17-26)22-48-31-18-15-25(19-30(31)39)20-32-36(44)42-34(27-9-8-12-29(21-27)46-3)33(23(2)40-38(42)49-32)35(43)41-28-10-6-5-7-11-28/h5-21,34H,4,22H2,1-3H3,(H,41,43)/b32-20-/t34-/m0/s1. The summed E-state index contributed by atoms with van der Waals surface area (Å²) in [7, 11) is 1.58. The number of para-hydroxylation sites is 1. The number of ether oxygens (including phenoxy) is 3. The van der Waals surface area contributed by atoms with E-state index in [1.54, 1.807) is 43.7 Å². The van der Waals surface area contributed by atoms with Gasteiger partial charge in [0.05, 0.1) is 45.6 Å². The van der Waals surface area contributed by atoms with Gasteiger partial charge in [-0.15, -0.1) is 0 Å². The molecule has 1 amide bonds. The normalized spacial score (nSPS) is 14.1. The van der Waals surface area contributed by atoms with Crippen LogP contribution in [0.15, 0.2) is 123 Å². The Balaban J connectivity index is 1.30. The number of carbonyl (C=O) groups excluding carboxylic acids is 2. The lowest BCUT2D eigenvalue weighted by atomic mass is 9.95. The van der Waals surface area contributed by atoms with Gasteiger partial charge in [0.1, 0.15) is 18.1 Å². The van der Waals surface area contributed by atoms with E-state index in [2.05, 4.69) is 21.2 Å². The maximum atomic E-state index is 14.1. The molecule has 2 heterocycles. The first kappa shape index (κ1) is 33.6. The van der Waals surface area contributed by atoms with E-state index in [1.165, 1.54) is 11.3 Å². The van der Waals surface area contributed by atoms with Crippen molar-refractivity contribution >= 4 is 50.9 Å². The minimum absolute atomic E-state index is 0.267. The number of fused-ring (bicyclic) bond motifs is 1. The van der Waals surface area contributed by atoms with E-state index < -0.39 is 6.04 Å². The Morgan fingerprint density at radius 3 is 2.49 bits per heavy atom. The number of carbonyl (C=O) groups is 2. The molecule has 0 spiro atoms. The smallest absolute Gasteiger partial charge is 0.338 e. The molecule has 0 bridgehead atoms. The van der Waals surface area contributed by atoms with E-state index in [4.69, 9.17) is 19.2 Å². The van der Waals surface area contributed by atoms with Crippen molar-refractivity contribution in [3.05, 3.63) is 155 Å². The zero-order valence-electron chi connectivity index (χ0n) is 26.9. The van der Waals surface area contributed by atoms with Crippen LogP contribution >= 0.6 is 27.3 Å². The molecular formula is C38H32BrN3O6S. The Hall–Kier alpha value is -5.26. The van der Waals surface area contributed by atoms with E-state index in [-0.39, 0.29) is 17.4 Å². The number of nitrogens with zero attached hydrogens (tertiary/aromatic N) is 2. The van der Waals surface area contributed by atoms with Crippen molar-refractivity contribution in [3.8, 4) is 11.5 Å². The van der Waals surface area contributed by atoms with Crippen LogP contribution in [0.5, 0.6) is 11.5 Å². The van der Waals surface area contributed by atoms with Crippen molar-refractivity contribution in [3.63, 3.8) is 0 Å². The second-order valence-corrected chi connectivity index (χ2v) is 12.9. The third kappa shape index (κ3) is 7.43. The molecule has 0 fully saturated rings. The topological polar surface area (TPSA) is 108 Å². The van der Waals surface area contributed by atoms with Gasteiger partial charge in [0, 0.05) is 5.69 Å². The van der Waals surface area contributed by atoms with Gasteiger partial charge in [0.15, 0.2) is 4.80 Å². The molecule has 0 saturated carbocycles. The maximum Gasteiger partial charge on any atom is 0.338 e. The lowest BCUT2D eigenvalue weighted by Crippen LogP contribution is -2.40. The van der Waals surface area contributed by atoms with Crippen LogP contribution in [0.4, 0.5) is 5.69 Å². The molecule has 5 aromatic rings. The molecule has 11 heteroatoms. The molecule has 248 valence electrons. The van der Waals surface area contributed by atoms with Gasteiger partial charge < -0.3 is 19.5 Å². The Morgan fingerprint density at radius 2 is 1.78 bits per heavy atom. The minimum atomic E-state index is -0.730. The van der Waals surface area contributed by atoms with Gasteiger partial charge in [-0.2, -0.15) is 0 Å². The van der Waals surface area contributed by atoms with Crippen LogP contribution in [0.25, 0.3) is 6.08 Å². The lowest BCUT2D eigenvalue weighted by Gasteiger charge is -2.25. The van der Waals surface area contributed by atoms with Crippen LogP contribution in [0.3, 0.4) is 0 Å². The lowest BCUT2D eigenvalue weighted by molar-refractivity contribution is -0.113. The molecule has 0 saturated heterocycles. The Labute approximate surface area is 294 Å². The highest BCUT2D eigenvalue weighted by Crippen LogP contribution is 2.33. The predicted molar refractivity (Wildman–Crippen MR) is 193 cm³/mol. The Bertz CT molecular complexity index is 2240. The van der Waals surface area contributed by atoms with Crippen molar-refractivity contribution in [2.45, 2.75) is 26.5 Å². The number of esters is 1. The number of benzene rings is 4. The van der Waals surface area contributed by atoms with Gasteiger partial charge in [0.2, 0.25) is 0 Å². The number of hydrogen-bond donors (Lipinski definition) is 1. The van der Waals surface area contributed by atoms with Gasteiger partial charge in [0.25, 0.3) is 11.5 Å². The number of thiazole rings is 1. The van der Waals surface area contributed by atoms with Crippen molar-refractivity contribution in [2.24, 2.45) is 4.99 Å². The number of allylic oxidation sites excluding steroid dienone is 1. The molecule has 1 aromatic heterocycles. The zero-order chi connectivity index (χ0) is 34.5. The molecule has 4 aromatic carbocycles. The van der Waals surface area contributed by atoms with E-state index in [0.29, 0.717) is 61.0 Å². The number of halogens is 1. The van der Waals surface area contributed by atoms with Crippen LogP contribution in [0.2, 0.25) is 0 Å². The minimum Gasteiger partial charge on any atom is -0.497 e. The summed E-state index contributed by atoms with van der Waals surface area (Å²) in [6, 6.07) is 28.5. The number of anilines is 1. The SMILES string of the molecule is CCOC(=O)c1ccc(COc2ccc(/C=c3\sc4n(c3=O)[C@@H](c3cccc(OC)c3)C(C(=O)Nc3ccccc3)=C(C)N=4)cc2Br)cc1. The van der Waals surface area contributed by atoms with Crippen molar-refractivity contribution in [1.82, 2.24) is 4.57 Å². The van der Waals surface area contributed by atoms with Gasteiger partial charge in [-0.3, -0.25) is 14.2 Å². The summed E-state index contributed by atoms with van der Waals surface area (Å²) >= 11 is 4.86. The summed E-state index contributed by atoms with van der Waals surface area (Å²) in [5.74, 6) is 0.526. The molecule has 9 nitrogen and oxygen atoms in total. The molecule has 0 radical (unpaired) electrons. The number of methoxy groups -OCH3 is 1. The van der Waals surface area contributed by atoms with E-state index in [1.807, 2.05) is 84.9 Å². The van der Waals surface area contributed by atoms with Crippen LogP contribution in [-0.4, -0.2) is 30.2 Å². The van der Waals surface area contributed by atoms with Crippen molar-refractivity contribution < 1.29 is 23.8 Å². The summed E-state index contributed by atoms with van der Waals surface area (Å²) in [6.07, 6.45) is 1.80. The fourth-order valence-electron chi connectivity index (χ4n) is 5.45. The van der Waals surface area contributed by atoms with Gasteiger partial charge >= 0.3 is 5.97 Å². The van der Waals surface area contributed by atoms with Crippen LogP contribution in [-0.2, 0) is 16.1 Å². The molecule has 0 unspecified atom stereocenters. The van der Waals surface area contributed by atoms with Crippen LogP contribution in [0.1, 0.15) is 46.9 Å². The predicted octanol–water partition coefficient (Wildman–Crippen LogP) is 6.40. The first-order chi connectivity index (χ1) is 23.7. The molecule has 6 rings (SSSR count). The van der Waals surface area contributed by atoms with Gasteiger partial charge in [-0.25, -0.2) is 9.79 Å². The molecule has 1 aliphatic rings. The number of rotatable bonds is 10. The fourth-order valence-corrected chi connectivity index (χ4v) is 7.00.